The molecule has 5 heteroatoms. The molecule has 0 aromatic heterocycles. The maximum Gasteiger partial charge on any atom is 0.145 e. The van der Waals surface area contributed by atoms with Gasteiger partial charge < -0.3 is 10.8 Å². The first-order valence-electron chi connectivity index (χ1n) is 4.11. The lowest BCUT2D eigenvalue weighted by Crippen LogP contribution is -2.11. The van der Waals surface area contributed by atoms with E-state index in [1.165, 1.54) is 6.07 Å². The molecule has 1 aromatic rings. The highest BCUT2D eigenvalue weighted by molar-refractivity contribution is 9.10. The first-order chi connectivity index (χ1) is 6.49. The van der Waals surface area contributed by atoms with Crippen molar-refractivity contribution in [3.63, 3.8) is 0 Å². The zero-order valence-corrected chi connectivity index (χ0v) is 9.86. The number of benzene rings is 1. The number of phenolic OH excluding ortho intramolecular Hbond substituents is 1. The molecule has 1 unspecified atom stereocenters. The molecule has 0 bridgehead atoms. The van der Waals surface area contributed by atoms with Crippen molar-refractivity contribution in [1.82, 2.24) is 0 Å². The summed E-state index contributed by atoms with van der Waals surface area (Å²) in [6.45, 7) is 1.80. The van der Waals surface area contributed by atoms with E-state index in [0.29, 0.717) is 6.42 Å². The number of aromatic hydroxyl groups is 1. The second kappa shape index (κ2) is 4.47. The molecule has 1 aromatic carbocycles. The smallest absolute Gasteiger partial charge is 0.145 e. The van der Waals surface area contributed by atoms with E-state index < -0.39 is 11.9 Å². The van der Waals surface area contributed by atoms with Gasteiger partial charge in [-0.2, -0.15) is 0 Å². The van der Waals surface area contributed by atoms with Crippen LogP contribution in [0.1, 0.15) is 24.9 Å². The van der Waals surface area contributed by atoms with Crippen molar-refractivity contribution in [1.29, 1.82) is 0 Å². The number of rotatable bonds is 2. The summed E-state index contributed by atoms with van der Waals surface area (Å²) in [5, 5.41) is 9.63. The summed E-state index contributed by atoms with van der Waals surface area (Å²) in [5.41, 5.74) is 5.72. The van der Waals surface area contributed by atoms with Gasteiger partial charge in [0.1, 0.15) is 11.6 Å². The molecule has 0 fully saturated rings. The van der Waals surface area contributed by atoms with Crippen molar-refractivity contribution < 1.29 is 9.50 Å². The third-order valence-corrected chi connectivity index (χ3v) is 2.86. The molecular weight excluding hydrogens is 272 g/mol. The van der Waals surface area contributed by atoms with Gasteiger partial charge in [-0.05, 0) is 28.4 Å². The first-order valence-corrected chi connectivity index (χ1v) is 5.28. The molecule has 0 spiro atoms. The molecule has 0 amide bonds. The molecular formula is C9H10BrClFNO. The summed E-state index contributed by atoms with van der Waals surface area (Å²) in [7, 11) is 0. The van der Waals surface area contributed by atoms with Gasteiger partial charge in [-0.3, -0.25) is 0 Å². The molecule has 0 saturated carbocycles. The van der Waals surface area contributed by atoms with Crippen LogP contribution in [0.15, 0.2) is 10.5 Å². The Hall–Kier alpha value is -0.320. The van der Waals surface area contributed by atoms with Gasteiger partial charge in [-0.25, -0.2) is 4.39 Å². The summed E-state index contributed by atoms with van der Waals surface area (Å²) in [6, 6.07) is 0.753. The van der Waals surface area contributed by atoms with Crippen LogP contribution in [-0.4, -0.2) is 5.11 Å². The lowest BCUT2D eigenvalue weighted by atomic mass is 10.0. The van der Waals surface area contributed by atoms with Crippen LogP contribution >= 0.6 is 27.5 Å². The Balaban J connectivity index is 3.39. The van der Waals surface area contributed by atoms with Crippen LogP contribution in [0.3, 0.4) is 0 Å². The van der Waals surface area contributed by atoms with Crippen LogP contribution < -0.4 is 5.73 Å². The topological polar surface area (TPSA) is 46.2 Å². The van der Waals surface area contributed by atoms with Crippen LogP contribution in [0.5, 0.6) is 5.75 Å². The van der Waals surface area contributed by atoms with E-state index in [9.17, 15) is 9.50 Å². The van der Waals surface area contributed by atoms with Crippen molar-refractivity contribution in [2.24, 2.45) is 5.73 Å². The van der Waals surface area contributed by atoms with Gasteiger partial charge in [0.2, 0.25) is 0 Å². The van der Waals surface area contributed by atoms with Crippen LogP contribution in [0.25, 0.3) is 0 Å². The lowest BCUT2D eigenvalue weighted by molar-refractivity contribution is 0.446. The minimum absolute atomic E-state index is 0.0619. The van der Waals surface area contributed by atoms with Gasteiger partial charge in [0.15, 0.2) is 0 Å². The van der Waals surface area contributed by atoms with Crippen molar-refractivity contribution in [3.8, 4) is 5.75 Å². The number of nitrogens with two attached hydrogens (primary N) is 1. The van der Waals surface area contributed by atoms with Gasteiger partial charge in [0, 0.05) is 11.6 Å². The van der Waals surface area contributed by atoms with Crippen molar-refractivity contribution in [3.05, 3.63) is 26.9 Å². The summed E-state index contributed by atoms with van der Waals surface area (Å²) in [5.74, 6) is -0.831. The summed E-state index contributed by atoms with van der Waals surface area (Å²) < 4.78 is 13.7. The van der Waals surface area contributed by atoms with Crippen LogP contribution in [-0.2, 0) is 0 Å². The Morgan fingerprint density at radius 1 is 1.71 bits per heavy atom. The zero-order chi connectivity index (χ0) is 10.9. The van der Waals surface area contributed by atoms with Crippen LogP contribution in [0, 0.1) is 5.82 Å². The fraction of sp³-hybridized carbons (Fsp3) is 0.333. The quantitative estimate of drug-likeness (QED) is 0.817. The second-order valence-electron chi connectivity index (χ2n) is 2.93. The maximum atomic E-state index is 13.5. The summed E-state index contributed by atoms with van der Waals surface area (Å²) >= 11 is 8.69. The normalized spacial score (nSPS) is 12.9. The van der Waals surface area contributed by atoms with Crippen molar-refractivity contribution in [2.75, 3.05) is 0 Å². The molecule has 0 radical (unpaired) electrons. The molecule has 3 N–H and O–H groups in total. The molecule has 0 aliphatic rings. The Kier molecular flexibility index (Phi) is 3.75. The van der Waals surface area contributed by atoms with Crippen LogP contribution in [0.4, 0.5) is 4.39 Å². The largest absolute Gasteiger partial charge is 0.506 e. The van der Waals surface area contributed by atoms with E-state index in [0.717, 1.165) is 0 Å². The minimum atomic E-state index is -0.554. The Labute approximate surface area is 95.0 Å². The molecule has 14 heavy (non-hydrogen) atoms. The molecule has 0 saturated heterocycles. The van der Waals surface area contributed by atoms with Gasteiger partial charge in [0.05, 0.1) is 9.50 Å². The molecule has 0 aliphatic carbocycles. The van der Waals surface area contributed by atoms with E-state index in [-0.39, 0.29) is 20.8 Å². The predicted molar refractivity (Wildman–Crippen MR) is 58.0 cm³/mol. The van der Waals surface area contributed by atoms with Gasteiger partial charge in [-0.1, -0.05) is 18.5 Å². The fourth-order valence-electron chi connectivity index (χ4n) is 1.15. The fourth-order valence-corrected chi connectivity index (χ4v) is 1.93. The Morgan fingerprint density at radius 3 is 2.79 bits per heavy atom. The maximum absolute atomic E-state index is 13.5. The number of hydrogen-bond acceptors (Lipinski definition) is 2. The number of phenols is 1. The molecule has 1 atom stereocenters. The van der Waals surface area contributed by atoms with Gasteiger partial charge >= 0.3 is 0 Å². The highest BCUT2D eigenvalue weighted by atomic mass is 79.9. The SMILES string of the molecule is CCC(N)c1c(O)c(Cl)cc(Br)c1F. The van der Waals surface area contributed by atoms with E-state index in [1.807, 2.05) is 0 Å². The highest BCUT2D eigenvalue weighted by Gasteiger charge is 2.20. The Morgan fingerprint density at radius 2 is 2.29 bits per heavy atom. The number of hydrogen-bond donors (Lipinski definition) is 2. The summed E-state index contributed by atoms with van der Waals surface area (Å²) in [4.78, 5) is 0. The monoisotopic (exact) mass is 281 g/mol. The Bertz CT molecular complexity index is 333. The van der Waals surface area contributed by atoms with E-state index in [4.69, 9.17) is 17.3 Å². The predicted octanol–water partition coefficient (Wildman–Crippen LogP) is 3.36. The molecule has 1 rings (SSSR count). The van der Waals surface area contributed by atoms with Crippen LogP contribution in [0.2, 0.25) is 5.02 Å². The average molecular weight is 283 g/mol. The molecule has 0 heterocycles. The summed E-state index contributed by atoms with van der Waals surface area (Å²) in [6.07, 6.45) is 0.525. The average Bonchev–Trinajstić information content (AvgIpc) is 2.15. The third-order valence-electron chi connectivity index (χ3n) is 1.99. The highest BCUT2D eigenvalue weighted by Crippen LogP contribution is 2.37. The minimum Gasteiger partial charge on any atom is -0.506 e. The standard InChI is InChI=1S/C9H10BrClFNO/c1-2-6(13)7-8(12)4(10)3-5(11)9(7)14/h3,6,14H,2,13H2,1H3. The van der Waals surface area contributed by atoms with Gasteiger partial charge in [-0.15, -0.1) is 0 Å². The molecule has 78 valence electrons. The van der Waals surface area contributed by atoms with E-state index in [2.05, 4.69) is 15.9 Å². The second-order valence-corrected chi connectivity index (χ2v) is 4.19. The zero-order valence-electron chi connectivity index (χ0n) is 7.52. The van der Waals surface area contributed by atoms with E-state index in [1.54, 1.807) is 6.92 Å². The number of halogens is 3. The van der Waals surface area contributed by atoms with Crippen molar-refractivity contribution in [2.45, 2.75) is 19.4 Å². The first kappa shape index (κ1) is 11.8. The molecule has 2 nitrogen and oxygen atoms in total. The van der Waals surface area contributed by atoms with Crippen molar-refractivity contribution >= 4 is 27.5 Å². The van der Waals surface area contributed by atoms with Gasteiger partial charge in [0.25, 0.3) is 0 Å². The third kappa shape index (κ3) is 2.02. The lowest BCUT2D eigenvalue weighted by Gasteiger charge is -2.14. The van der Waals surface area contributed by atoms with E-state index >= 15 is 0 Å². The molecule has 0 aliphatic heterocycles.